The first-order valence-corrected chi connectivity index (χ1v) is 5.74. The van der Waals surface area contributed by atoms with Gasteiger partial charge < -0.3 is 4.74 Å². The average Bonchev–Trinajstić information content (AvgIpc) is 2.74. The molecule has 1 fully saturated rings. The zero-order valence-electron chi connectivity index (χ0n) is 9.55. The first-order valence-electron chi connectivity index (χ1n) is 5.74. The molecule has 14 heavy (non-hydrogen) atoms. The summed E-state index contributed by atoms with van der Waals surface area (Å²) in [6.07, 6.45) is 3.60. The number of rotatable bonds is 2. The Morgan fingerprint density at radius 2 is 2.36 bits per heavy atom. The quantitative estimate of drug-likeness (QED) is 0.625. The van der Waals surface area contributed by atoms with E-state index in [9.17, 15) is 0 Å². The van der Waals surface area contributed by atoms with Gasteiger partial charge in [-0.1, -0.05) is 26.8 Å². The predicted molar refractivity (Wildman–Crippen MR) is 58.3 cm³/mol. The molecule has 0 saturated carbocycles. The van der Waals surface area contributed by atoms with Gasteiger partial charge in [0.1, 0.15) is 0 Å². The largest absolute Gasteiger partial charge is 0.379 e. The van der Waals surface area contributed by atoms with E-state index < -0.39 is 0 Å². The molecule has 0 amide bonds. The van der Waals surface area contributed by atoms with Crippen molar-refractivity contribution in [1.82, 2.24) is 4.90 Å². The minimum atomic E-state index is 0.267. The Bertz CT molecular complexity index is 239. The zero-order valence-corrected chi connectivity index (χ0v) is 9.55. The SMILES string of the molecule is CCN1CC=C(C(C)C)C12CCOC2. The van der Waals surface area contributed by atoms with Crippen molar-refractivity contribution in [3.63, 3.8) is 0 Å². The number of likely N-dealkylation sites (N-methyl/N-ethyl adjacent to an activating group) is 1. The summed E-state index contributed by atoms with van der Waals surface area (Å²) in [7, 11) is 0. The molecule has 2 aliphatic heterocycles. The van der Waals surface area contributed by atoms with E-state index in [-0.39, 0.29) is 5.54 Å². The van der Waals surface area contributed by atoms with Crippen molar-refractivity contribution in [3.8, 4) is 0 Å². The highest BCUT2D eigenvalue weighted by atomic mass is 16.5. The minimum absolute atomic E-state index is 0.267. The van der Waals surface area contributed by atoms with Crippen molar-refractivity contribution in [2.45, 2.75) is 32.7 Å². The molecule has 2 nitrogen and oxygen atoms in total. The molecule has 1 saturated heterocycles. The van der Waals surface area contributed by atoms with Gasteiger partial charge in [0.25, 0.3) is 0 Å². The molecule has 0 radical (unpaired) electrons. The molecule has 1 atom stereocenters. The lowest BCUT2D eigenvalue weighted by atomic mass is 9.83. The van der Waals surface area contributed by atoms with E-state index in [1.807, 2.05) is 0 Å². The van der Waals surface area contributed by atoms with Gasteiger partial charge in [0.15, 0.2) is 0 Å². The fourth-order valence-electron chi connectivity index (χ4n) is 2.99. The van der Waals surface area contributed by atoms with Crippen LogP contribution in [0, 0.1) is 5.92 Å². The summed E-state index contributed by atoms with van der Waals surface area (Å²) in [6.45, 7) is 10.9. The van der Waals surface area contributed by atoms with Crippen molar-refractivity contribution in [2.24, 2.45) is 5.92 Å². The van der Waals surface area contributed by atoms with Gasteiger partial charge in [-0.25, -0.2) is 0 Å². The minimum Gasteiger partial charge on any atom is -0.379 e. The van der Waals surface area contributed by atoms with Crippen LogP contribution in [0.4, 0.5) is 0 Å². The maximum atomic E-state index is 5.61. The highest BCUT2D eigenvalue weighted by molar-refractivity contribution is 5.30. The first-order chi connectivity index (χ1) is 6.70. The van der Waals surface area contributed by atoms with Gasteiger partial charge in [0, 0.05) is 13.2 Å². The number of ether oxygens (including phenoxy) is 1. The molecule has 0 N–H and O–H groups in total. The first kappa shape index (κ1) is 10.2. The second-order valence-electron chi connectivity index (χ2n) is 4.69. The fraction of sp³-hybridized carbons (Fsp3) is 0.833. The lowest BCUT2D eigenvalue weighted by Crippen LogP contribution is -2.47. The van der Waals surface area contributed by atoms with Crippen molar-refractivity contribution in [1.29, 1.82) is 0 Å². The van der Waals surface area contributed by atoms with Crippen LogP contribution < -0.4 is 0 Å². The van der Waals surface area contributed by atoms with Crippen molar-refractivity contribution in [3.05, 3.63) is 11.6 Å². The zero-order chi connectivity index (χ0) is 10.2. The molecule has 1 unspecified atom stereocenters. The van der Waals surface area contributed by atoms with Gasteiger partial charge in [-0.2, -0.15) is 0 Å². The topological polar surface area (TPSA) is 12.5 Å². The van der Waals surface area contributed by atoms with Crippen molar-refractivity contribution in [2.75, 3.05) is 26.3 Å². The van der Waals surface area contributed by atoms with Crippen molar-refractivity contribution >= 4 is 0 Å². The Hall–Kier alpha value is -0.340. The van der Waals surface area contributed by atoms with Crippen LogP contribution in [0.5, 0.6) is 0 Å². The number of nitrogens with zero attached hydrogens (tertiary/aromatic N) is 1. The molecule has 2 aliphatic rings. The van der Waals surface area contributed by atoms with Crippen LogP contribution in [-0.4, -0.2) is 36.7 Å². The summed E-state index contributed by atoms with van der Waals surface area (Å²) >= 11 is 0. The van der Waals surface area contributed by atoms with Crippen LogP contribution in [0.15, 0.2) is 11.6 Å². The van der Waals surface area contributed by atoms with Crippen molar-refractivity contribution < 1.29 is 4.74 Å². The summed E-state index contributed by atoms with van der Waals surface area (Å²) in [5, 5.41) is 0. The van der Waals surface area contributed by atoms with Gasteiger partial charge in [0.2, 0.25) is 0 Å². The van der Waals surface area contributed by atoms with Crippen LogP contribution in [0.1, 0.15) is 27.2 Å². The smallest absolute Gasteiger partial charge is 0.0690 e. The van der Waals surface area contributed by atoms with Gasteiger partial charge in [-0.05, 0) is 24.5 Å². The molecular weight excluding hydrogens is 174 g/mol. The van der Waals surface area contributed by atoms with Gasteiger partial charge >= 0.3 is 0 Å². The number of hydrogen-bond acceptors (Lipinski definition) is 2. The van der Waals surface area contributed by atoms with E-state index in [1.54, 1.807) is 5.57 Å². The van der Waals surface area contributed by atoms with E-state index in [2.05, 4.69) is 31.7 Å². The predicted octanol–water partition coefficient (Wildman–Crippen LogP) is 2.06. The Kier molecular flexibility index (Phi) is 2.67. The molecule has 2 rings (SSSR count). The van der Waals surface area contributed by atoms with Gasteiger partial charge in [-0.15, -0.1) is 0 Å². The third-order valence-electron chi connectivity index (χ3n) is 3.68. The average molecular weight is 195 g/mol. The Labute approximate surface area is 86.9 Å². The van der Waals surface area contributed by atoms with Crippen LogP contribution >= 0.6 is 0 Å². The highest BCUT2D eigenvalue weighted by Crippen LogP contribution is 2.40. The summed E-state index contributed by atoms with van der Waals surface area (Å²) in [5.74, 6) is 0.660. The van der Waals surface area contributed by atoms with Gasteiger partial charge in [-0.3, -0.25) is 4.90 Å². The molecule has 0 bridgehead atoms. The van der Waals surface area contributed by atoms with E-state index >= 15 is 0 Å². The van der Waals surface area contributed by atoms with E-state index in [0.717, 1.165) is 26.3 Å². The fourth-order valence-corrected chi connectivity index (χ4v) is 2.99. The second kappa shape index (κ2) is 3.67. The molecule has 1 spiro atoms. The standard InChI is InChI=1S/C12H21NO/c1-4-13-7-5-11(10(2)3)12(13)6-8-14-9-12/h5,10H,4,6-9H2,1-3H3. The van der Waals surface area contributed by atoms with E-state index in [0.29, 0.717) is 5.92 Å². The summed E-state index contributed by atoms with van der Waals surface area (Å²) in [6, 6.07) is 0. The number of hydrogen-bond donors (Lipinski definition) is 0. The second-order valence-corrected chi connectivity index (χ2v) is 4.69. The molecular formula is C12H21NO. The summed E-state index contributed by atoms with van der Waals surface area (Å²) < 4.78 is 5.61. The Balaban J connectivity index is 2.26. The van der Waals surface area contributed by atoms with Crippen LogP contribution in [-0.2, 0) is 4.74 Å². The molecule has 0 aliphatic carbocycles. The molecule has 2 heteroatoms. The summed E-state index contributed by atoms with van der Waals surface area (Å²) in [4.78, 5) is 2.56. The lowest BCUT2D eigenvalue weighted by Gasteiger charge is -2.37. The van der Waals surface area contributed by atoms with Gasteiger partial charge in [0.05, 0.1) is 12.1 Å². The van der Waals surface area contributed by atoms with E-state index in [1.165, 1.54) is 6.42 Å². The lowest BCUT2D eigenvalue weighted by molar-refractivity contribution is 0.113. The monoisotopic (exact) mass is 195 g/mol. The molecule has 2 heterocycles. The van der Waals surface area contributed by atoms with E-state index in [4.69, 9.17) is 4.74 Å². The molecule has 0 aromatic heterocycles. The normalized spacial score (nSPS) is 33.3. The van der Waals surface area contributed by atoms with Crippen LogP contribution in [0.25, 0.3) is 0 Å². The third kappa shape index (κ3) is 1.32. The highest BCUT2D eigenvalue weighted by Gasteiger charge is 2.46. The molecule has 0 aromatic rings. The Morgan fingerprint density at radius 3 is 2.86 bits per heavy atom. The maximum Gasteiger partial charge on any atom is 0.0690 e. The maximum absolute atomic E-state index is 5.61. The Morgan fingerprint density at radius 1 is 1.57 bits per heavy atom. The third-order valence-corrected chi connectivity index (χ3v) is 3.68. The molecule has 80 valence electrons. The van der Waals surface area contributed by atoms with Crippen LogP contribution in [0.2, 0.25) is 0 Å². The summed E-state index contributed by atoms with van der Waals surface area (Å²) in [5.41, 5.74) is 1.87. The molecule has 0 aromatic carbocycles. The van der Waals surface area contributed by atoms with Crippen LogP contribution in [0.3, 0.4) is 0 Å².